The van der Waals surface area contributed by atoms with Crippen molar-refractivity contribution in [3.8, 4) is 0 Å². The molecule has 0 saturated heterocycles. The maximum Gasteiger partial charge on any atom is 0.317 e. The summed E-state index contributed by atoms with van der Waals surface area (Å²) in [7, 11) is 0. The first kappa shape index (κ1) is 17.9. The van der Waals surface area contributed by atoms with Crippen LogP contribution in [0.2, 0.25) is 0 Å². The van der Waals surface area contributed by atoms with Crippen molar-refractivity contribution in [2.24, 2.45) is 23.7 Å². The molecule has 124 valence electrons. The summed E-state index contributed by atoms with van der Waals surface area (Å²) < 4.78 is 0. The van der Waals surface area contributed by atoms with E-state index < -0.39 is 35.7 Å². The van der Waals surface area contributed by atoms with E-state index in [1.807, 2.05) is 0 Å². The van der Waals surface area contributed by atoms with Gasteiger partial charge >= 0.3 is 23.9 Å². The molecule has 1 rings (SSSR count). The lowest BCUT2D eigenvalue weighted by molar-refractivity contribution is -0.156. The molecule has 0 heterocycles. The Morgan fingerprint density at radius 3 is 1.32 bits per heavy atom. The van der Waals surface area contributed by atoms with Crippen LogP contribution in [0.4, 0.5) is 0 Å². The van der Waals surface area contributed by atoms with Gasteiger partial charge in [-0.05, 0) is 31.1 Å². The predicted octanol–water partition coefficient (Wildman–Crippen LogP) is 1.14. The van der Waals surface area contributed by atoms with Crippen LogP contribution in [0.3, 0.4) is 0 Å². The molecule has 8 nitrogen and oxygen atoms in total. The smallest absolute Gasteiger partial charge is 0.317 e. The number of rotatable bonds is 8. The number of carboxylic acids is 4. The van der Waals surface area contributed by atoms with E-state index in [0.717, 1.165) is 0 Å². The van der Waals surface area contributed by atoms with Crippen LogP contribution in [0, 0.1) is 23.7 Å². The summed E-state index contributed by atoms with van der Waals surface area (Å²) >= 11 is 0. The molecule has 22 heavy (non-hydrogen) atoms. The van der Waals surface area contributed by atoms with Gasteiger partial charge in [-0.15, -0.1) is 0 Å². The summed E-state index contributed by atoms with van der Waals surface area (Å²) in [6.07, 6.45) is 2.52. The zero-order valence-corrected chi connectivity index (χ0v) is 12.0. The molecule has 0 aromatic carbocycles. The standard InChI is InChI=1S/C14H20O8/c15-11(16)9(12(17)18)5-7-2-1-3-8(4-7)6-10(13(19)20)14(21)22/h7-10H,1-6H2,(H,15,16)(H,17,18)(H,19,20)(H,21,22). The molecule has 0 spiro atoms. The number of aliphatic carboxylic acids is 4. The zero-order valence-electron chi connectivity index (χ0n) is 12.0. The minimum atomic E-state index is -1.47. The molecule has 0 amide bonds. The van der Waals surface area contributed by atoms with Crippen LogP contribution in [0.1, 0.15) is 38.5 Å². The highest BCUT2D eigenvalue weighted by Crippen LogP contribution is 2.36. The molecule has 0 radical (unpaired) electrons. The molecule has 0 aromatic rings. The normalized spacial score (nSPS) is 21.7. The number of hydrogen-bond donors (Lipinski definition) is 4. The van der Waals surface area contributed by atoms with Crippen molar-refractivity contribution in [1.82, 2.24) is 0 Å². The van der Waals surface area contributed by atoms with E-state index in [4.69, 9.17) is 20.4 Å². The van der Waals surface area contributed by atoms with Crippen LogP contribution in [0.15, 0.2) is 0 Å². The van der Waals surface area contributed by atoms with E-state index in [2.05, 4.69) is 0 Å². The van der Waals surface area contributed by atoms with Gasteiger partial charge in [0.15, 0.2) is 11.8 Å². The van der Waals surface area contributed by atoms with Crippen molar-refractivity contribution < 1.29 is 39.6 Å². The van der Waals surface area contributed by atoms with Crippen molar-refractivity contribution in [2.75, 3.05) is 0 Å². The lowest BCUT2D eigenvalue weighted by atomic mass is 9.74. The molecular formula is C14H20O8. The molecule has 0 aliphatic heterocycles. The molecular weight excluding hydrogens is 296 g/mol. The second-order valence-corrected chi connectivity index (χ2v) is 5.83. The van der Waals surface area contributed by atoms with Crippen molar-refractivity contribution in [2.45, 2.75) is 38.5 Å². The highest BCUT2D eigenvalue weighted by Gasteiger charge is 2.35. The third-order valence-corrected chi connectivity index (χ3v) is 4.22. The first-order valence-corrected chi connectivity index (χ1v) is 7.13. The zero-order chi connectivity index (χ0) is 16.9. The Bertz CT molecular complexity index is 390. The van der Waals surface area contributed by atoms with Gasteiger partial charge in [-0.25, -0.2) is 0 Å². The van der Waals surface area contributed by atoms with Crippen molar-refractivity contribution in [3.63, 3.8) is 0 Å². The second kappa shape index (κ2) is 7.77. The molecule has 4 N–H and O–H groups in total. The van der Waals surface area contributed by atoms with Crippen LogP contribution < -0.4 is 0 Å². The monoisotopic (exact) mass is 316 g/mol. The van der Waals surface area contributed by atoms with Gasteiger partial charge in [0.1, 0.15) is 0 Å². The topological polar surface area (TPSA) is 149 Å². The van der Waals surface area contributed by atoms with E-state index >= 15 is 0 Å². The molecule has 0 aromatic heterocycles. The summed E-state index contributed by atoms with van der Waals surface area (Å²) in [6, 6.07) is 0. The minimum Gasteiger partial charge on any atom is -0.481 e. The summed E-state index contributed by atoms with van der Waals surface area (Å²) in [5.74, 6) is -8.77. The third-order valence-electron chi connectivity index (χ3n) is 4.22. The van der Waals surface area contributed by atoms with Crippen LogP contribution in [0.25, 0.3) is 0 Å². The first-order chi connectivity index (χ1) is 10.2. The Morgan fingerprint density at radius 1 is 0.727 bits per heavy atom. The fraction of sp³-hybridized carbons (Fsp3) is 0.714. The van der Waals surface area contributed by atoms with E-state index in [-0.39, 0.29) is 24.7 Å². The van der Waals surface area contributed by atoms with E-state index in [1.54, 1.807) is 0 Å². The first-order valence-electron chi connectivity index (χ1n) is 7.13. The Hall–Kier alpha value is -2.12. The van der Waals surface area contributed by atoms with Gasteiger partial charge in [0.2, 0.25) is 0 Å². The molecule has 1 aliphatic rings. The highest BCUT2D eigenvalue weighted by molar-refractivity contribution is 5.93. The van der Waals surface area contributed by atoms with Gasteiger partial charge < -0.3 is 20.4 Å². The van der Waals surface area contributed by atoms with Crippen molar-refractivity contribution >= 4 is 23.9 Å². The Labute approximate surface area is 126 Å². The van der Waals surface area contributed by atoms with Crippen molar-refractivity contribution in [3.05, 3.63) is 0 Å². The molecule has 2 unspecified atom stereocenters. The van der Waals surface area contributed by atoms with E-state index in [9.17, 15) is 19.2 Å². The lowest BCUT2D eigenvalue weighted by Crippen LogP contribution is -2.30. The largest absolute Gasteiger partial charge is 0.481 e. The molecule has 2 atom stereocenters. The number of carboxylic acid groups (broad SMARTS) is 4. The van der Waals surface area contributed by atoms with Crippen LogP contribution >= 0.6 is 0 Å². The molecule has 1 fully saturated rings. The molecule has 0 bridgehead atoms. The minimum absolute atomic E-state index is 0.00796. The maximum atomic E-state index is 10.9. The van der Waals surface area contributed by atoms with Gasteiger partial charge in [-0.3, -0.25) is 19.2 Å². The van der Waals surface area contributed by atoms with Crippen LogP contribution in [-0.4, -0.2) is 44.3 Å². The third kappa shape index (κ3) is 5.01. The molecule has 8 heteroatoms. The second-order valence-electron chi connectivity index (χ2n) is 5.83. The summed E-state index contributed by atoms with van der Waals surface area (Å²) in [5.41, 5.74) is 0. The number of hydrogen-bond acceptors (Lipinski definition) is 4. The van der Waals surface area contributed by atoms with Crippen LogP contribution in [-0.2, 0) is 19.2 Å². The Balaban J connectivity index is 2.64. The van der Waals surface area contributed by atoms with E-state index in [1.165, 1.54) is 0 Å². The fourth-order valence-electron chi connectivity index (χ4n) is 3.11. The van der Waals surface area contributed by atoms with Gasteiger partial charge in [-0.2, -0.15) is 0 Å². The quantitative estimate of drug-likeness (QED) is 0.487. The van der Waals surface area contributed by atoms with Gasteiger partial charge in [-0.1, -0.05) is 19.3 Å². The van der Waals surface area contributed by atoms with Crippen LogP contribution in [0.5, 0.6) is 0 Å². The highest BCUT2D eigenvalue weighted by atomic mass is 16.4. The van der Waals surface area contributed by atoms with Gasteiger partial charge in [0.25, 0.3) is 0 Å². The SMILES string of the molecule is O=C(O)C(CC1CCCC(CC(C(=O)O)C(=O)O)C1)C(=O)O. The molecule has 1 aliphatic carbocycles. The predicted molar refractivity (Wildman–Crippen MR) is 72.2 cm³/mol. The average Bonchev–Trinajstić information content (AvgIpc) is 2.41. The Morgan fingerprint density at radius 2 is 1.05 bits per heavy atom. The van der Waals surface area contributed by atoms with Gasteiger partial charge in [0, 0.05) is 0 Å². The van der Waals surface area contributed by atoms with E-state index in [0.29, 0.717) is 25.7 Å². The summed E-state index contributed by atoms with van der Waals surface area (Å²) in [6.45, 7) is 0. The maximum absolute atomic E-state index is 10.9. The van der Waals surface area contributed by atoms with Gasteiger partial charge in [0.05, 0.1) is 0 Å². The molecule has 1 saturated carbocycles. The summed E-state index contributed by atoms with van der Waals surface area (Å²) in [5, 5.41) is 35.6. The summed E-state index contributed by atoms with van der Waals surface area (Å²) in [4.78, 5) is 43.7. The number of carbonyl (C=O) groups is 4. The average molecular weight is 316 g/mol. The lowest BCUT2D eigenvalue weighted by Gasteiger charge is -2.30. The Kier molecular flexibility index (Phi) is 6.33. The van der Waals surface area contributed by atoms with Crippen molar-refractivity contribution in [1.29, 1.82) is 0 Å². The fourth-order valence-corrected chi connectivity index (χ4v) is 3.11.